The molecule has 3 aromatic rings. The summed E-state index contributed by atoms with van der Waals surface area (Å²) in [5.41, 5.74) is 1.85. The smallest absolute Gasteiger partial charge is 0.274 e. The van der Waals surface area contributed by atoms with Crippen molar-refractivity contribution in [2.24, 2.45) is 0 Å². The number of carbonyl (C=O) groups is 1. The second-order valence-electron chi connectivity index (χ2n) is 5.52. The number of halogens is 1. The van der Waals surface area contributed by atoms with Gasteiger partial charge in [0.05, 0.1) is 12.1 Å². The van der Waals surface area contributed by atoms with Gasteiger partial charge in [0, 0.05) is 10.4 Å². The minimum Gasteiger partial charge on any atom is -0.303 e. The van der Waals surface area contributed by atoms with Crippen LogP contribution in [0.2, 0.25) is 5.02 Å². The van der Waals surface area contributed by atoms with Crippen molar-refractivity contribution >= 4 is 39.9 Å². The first-order valence-electron chi connectivity index (χ1n) is 7.81. The molecular formula is C19H17ClN4O. The number of aromatic nitrogens is 2. The Kier molecular flexibility index (Phi) is 4.95. The Bertz CT molecular complexity index is 957. The van der Waals surface area contributed by atoms with Crippen LogP contribution in [0.3, 0.4) is 0 Å². The number of benzene rings is 2. The van der Waals surface area contributed by atoms with Gasteiger partial charge >= 0.3 is 0 Å². The van der Waals surface area contributed by atoms with Crippen molar-refractivity contribution in [1.82, 2.24) is 9.78 Å². The van der Waals surface area contributed by atoms with E-state index < -0.39 is 5.91 Å². The van der Waals surface area contributed by atoms with Crippen LogP contribution in [-0.2, 0) is 11.3 Å². The third-order valence-corrected chi connectivity index (χ3v) is 3.97. The van der Waals surface area contributed by atoms with Crippen LogP contribution < -0.4 is 5.32 Å². The lowest BCUT2D eigenvalue weighted by Gasteiger charge is -2.04. The number of nitrogens with zero attached hydrogens (tertiary/aromatic N) is 2. The molecule has 0 aliphatic heterocycles. The van der Waals surface area contributed by atoms with Crippen LogP contribution >= 0.6 is 11.6 Å². The molecule has 0 aliphatic rings. The van der Waals surface area contributed by atoms with Crippen LogP contribution in [0.1, 0.15) is 12.5 Å². The summed E-state index contributed by atoms with van der Waals surface area (Å²) >= 11 is 5.93. The van der Waals surface area contributed by atoms with E-state index in [4.69, 9.17) is 17.0 Å². The van der Waals surface area contributed by atoms with Gasteiger partial charge in [-0.3, -0.25) is 14.9 Å². The highest BCUT2D eigenvalue weighted by Crippen LogP contribution is 2.24. The summed E-state index contributed by atoms with van der Waals surface area (Å²) in [4.78, 5) is 12.1. The lowest BCUT2D eigenvalue weighted by Crippen LogP contribution is -2.20. The highest BCUT2D eigenvalue weighted by Gasteiger charge is 2.14. The van der Waals surface area contributed by atoms with E-state index >= 15 is 0 Å². The minimum atomic E-state index is -0.486. The summed E-state index contributed by atoms with van der Waals surface area (Å²) in [5, 5.41) is 16.5. The number of anilines is 1. The minimum absolute atomic E-state index is 0.112. The molecule has 6 heteroatoms. The van der Waals surface area contributed by atoms with Gasteiger partial charge < -0.3 is 5.32 Å². The molecule has 0 saturated heterocycles. The molecule has 1 aromatic heterocycles. The van der Waals surface area contributed by atoms with Crippen molar-refractivity contribution in [2.45, 2.75) is 13.5 Å². The molecule has 0 radical (unpaired) electrons. The van der Waals surface area contributed by atoms with Crippen LogP contribution in [0.15, 0.2) is 60.7 Å². The van der Waals surface area contributed by atoms with E-state index in [1.807, 2.05) is 53.2 Å². The summed E-state index contributed by atoms with van der Waals surface area (Å²) in [5.74, 6) is -0.0381. The maximum atomic E-state index is 12.1. The first-order valence-corrected chi connectivity index (χ1v) is 8.19. The Labute approximate surface area is 150 Å². The van der Waals surface area contributed by atoms with Gasteiger partial charge in [-0.05, 0) is 42.8 Å². The fourth-order valence-corrected chi connectivity index (χ4v) is 2.65. The van der Waals surface area contributed by atoms with Crippen LogP contribution in [0.25, 0.3) is 10.9 Å². The van der Waals surface area contributed by atoms with Gasteiger partial charge in [0.2, 0.25) is 0 Å². The number of allylic oxidation sites excluding steroid dienone is 1. The number of rotatable bonds is 5. The molecule has 1 amide bonds. The van der Waals surface area contributed by atoms with Crippen molar-refractivity contribution < 1.29 is 4.79 Å². The van der Waals surface area contributed by atoms with E-state index in [0.29, 0.717) is 17.4 Å². The average Bonchev–Trinajstić information content (AvgIpc) is 2.95. The van der Waals surface area contributed by atoms with Crippen molar-refractivity contribution in [2.75, 3.05) is 5.32 Å². The molecule has 2 N–H and O–H groups in total. The molecule has 0 unspecified atom stereocenters. The first-order chi connectivity index (χ1) is 12.1. The normalized spacial score (nSPS) is 11.1. The highest BCUT2D eigenvalue weighted by molar-refractivity contribution is 6.46. The highest BCUT2D eigenvalue weighted by atomic mass is 35.5. The lowest BCUT2D eigenvalue weighted by molar-refractivity contribution is -0.110. The molecule has 0 atom stereocenters. The zero-order valence-electron chi connectivity index (χ0n) is 13.7. The summed E-state index contributed by atoms with van der Waals surface area (Å²) in [7, 11) is 0. The molecule has 0 saturated carbocycles. The molecule has 126 valence electrons. The molecule has 5 nitrogen and oxygen atoms in total. The predicted octanol–water partition coefficient (Wildman–Crippen LogP) is 4.27. The second-order valence-corrected chi connectivity index (χ2v) is 5.95. The third-order valence-electron chi connectivity index (χ3n) is 3.71. The van der Waals surface area contributed by atoms with Crippen LogP contribution in [0.4, 0.5) is 5.82 Å². The van der Waals surface area contributed by atoms with Crippen molar-refractivity contribution in [3.63, 3.8) is 0 Å². The van der Waals surface area contributed by atoms with E-state index in [1.165, 1.54) is 6.08 Å². The summed E-state index contributed by atoms with van der Waals surface area (Å²) in [6, 6.07) is 15.2. The number of amides is 1. The molecule has 2 aromatic carbocycles. The van der Waals surface area contributed by atoms with Crippen molar-refractivity contribution in [1.29, 1.82) is 5.41 Å². The molecule has 3 rings (SSSR count). The Hall–Kier alpha value is -2.92. The maximum absolute atomic E-state index is 12.1. The maximum Gasteiger partial charge on any atom is 0.274 e. The SMILES string of the molecule is C/C=C\C(=N)C(=O)Nc1nn(Cc2ccc(Cl)cc2)c2ccccc12. The van der Waals surface area contributed by atoms with Crippen molar-refractivity contribution in [3.05, 3.63) is 71.3 Å². The number of hydrogen-bond donors (Lipinski definition) is 2. The monoisotopic (exact) mass is 352 g/mol. The Morgan fingerprint density at radius 2 is 1.96 bits per heavy atom. The number of hydrogen-bond acceptors (Lipinski definition) is 3. The molecule has 0 bridgehead atoms. The van der Waals surface area contributed by atoms with Crippen LogP contribution in [0.5, 0.6) is 0 Å². The number of carbonyl (C=O) groups excluding carboxylic acids is 1. The Morgan fingerprint density at radius 1 is 1.24 bits per heavy atom. The first kappa shape index (κ1) is 16.9. The fraction of sp³-hybridized carbons (Fsp3) is 0.105. The quantitative estimate of drug-likeness (QED) is 0.673. The van der Waals surface area contributed by atoms with Gasteiger partial charge in [-0.1, -0.05) is 41.9 Å². The van der Waals surface area contributed by atoms with Crippen molar-refractivity contribution in [3.8, 4) is 0 Å². The van der Waals surface area contributed by atoms with Gasteiger partial charge in [-0.25, -0.2) is 0 Å². The lowest BCUT2D eigenvalue weighted by atomic mass is 10.2. The standard InChI is InChI=1S/C19H17ClN4O/c1-2-5-16(21)19(25)22-18-15-6-3-4-7-17(15)24(23-18)12-13-8-10-14(20)11-9-13/h2-11,21H,12H2,1H3,(H,22,23,25)/b5-2-,21-16?. The molecule has 25 heavy (non-hydrogen) atoms. The molecule has 1 heterocycles. The van der Waals surface area contributed by atoms with Gasteiger partial charge in [-0.15, -0.1) is 0 Å². The zero-order valence-corrected chi connectivity index (χ0v) is 14.4. The second kappa shape index (κ2) is 7.32. The summed E-state index contributed by atoms with van der Waals surface area (Å²) in [6.45, 7) is 2.32. The van der Waals surface area contributed by atoms with Gasteiger partial charge in [0.15, 0.2) is 5.82 Å². The van der Waals surface area contributed by atoms with Crippen LogP contribution in [0, 0.1) is 5.41 Å². The van der Waals surface area contributed by atoms with Crippen LogP contribution in [-0.4, -0.2) is 21.4 Å². The Morgan fingerprint density at radius 3 is 2.68 bits per heavy atom. The largest absolute Gasteiger partial charge is 0.303 e. The number of fused-ring (bicyclic) bond motifs is 1. The molecule has 0 spiro atoms. The van der Waals surface area contributed by atoms with Gasteiger partial charge in [0.25, 0.3) is 5.91 Å². The average molecular weight is 353 g/mol. The summed E-state index contributed by atoms with van der Waals surface area (Å²) < 4.78 is 1.83. The number of nitrogens with one attached hydrogen (secondary N) is 2. The number of para-hydroxylation sites is 1. The van der Waals surface area contributed by atoms with Gasteiger partial charge in [-0.2, -0.15) is 5.10 Å². The topological polar surface area (TPSA) is 70.8 Å². The molecule has 0 fully saturated rings. The molecular weight excluding hydrogens is 336 g/mol. The van der Waals surface area contributed by atoms with E-state index in [0.717, 1.165) is 16.5 Å². The van der Waals surface area contributed by atoms with Gasteiger partial charge in [0.1, 0.15) is 5.71 Å². The van der Waals surface area contributed by atoms with E-state index in [9.17, 15) is 4.79 Å². The molecule has 0 aliphatic carbocycles. The fourth-order valence-electron chi connectivity index (χ4n) is 2.52. The zero-order chi connectivity index (χ0) is 17.8. The predicted molar refractivity (Wildman–Crippen MR) is 101 cm³/mol. The van der Waals surface area contributed by atoms with E-state index in [1.54, 1.807) is 13.0 Å². The summed E-state index contributed by atoms with van der Waals surface area (Å²) in [6.07, 6.45) is 3.10. The third kappa shape index (κ3) is 3.78. The van der Waals surface area contributed by atoms with E-state index in [-0.39, 0.29) is 5.71 Å². The van der Waals surface area contributed by atoms with E-state index in [2.05, 4.69) is 10.4 Å². The Balaban J connectivity index is 1.93.